The molecule has 0 rings (SSSR count). The summed E-state index contributed by atoms with van der Waals surface area (Å²) in [5.41, 5.74) is 5.38. The Kier molecular flexibility index (Phi) is 8.37. The van der Waals surface area contributed by atoms with Crippen LogP contribution in [0, 0.1) is 0 Å². The first-order chi connectivity index (χ1) is 6.95. The van der Waals surface area contributed by atoms with E-state index in [9.17, 15) is 4.79 Å². The number of nitrogens with two attached hydrogens (primary N) is 1. The van der Waals surface area contributed by atoms with Gasteiger partial charge in [0, 0.05) is 10.5 Å². The van der Waals surface area contributed by atoms with Crippen LogP contribution in [-0.4, -0.2) is 27.6 Å². The lowest BCUT2D eigenvalue weighted by atomic mass is 10.1. The molecule has 0 aliphatic heterocycles. The standard InChI is InChI=1S/C10H21NO2S2/c1-7(14)9(15)6-4-2-3-5-8(11)10(12)13/h7-9,14-15H,2-6,11H2,1H3,(H,12,13). The lowest BCUT2D eigenvalue weighted by Gasteiger charge is -2.13. The number of thiol groups is 2. The van der Waals surface area contributed by atoms with Crippen LogP contribution in [0.15, 0.2) is 0 Å². The Morgan fingerprint density at radius 2 is 1.80 bits per heavy atom. The van der Waals surface area contributed by atoms with E-state index in [1.165, 1.54) is 0 Å². The van der Waals surface area contributed by atoms with Gasteiger partial charge < -0.3 is 10.8 Å². The molecule has 0 aliphatic rings. The van der Waals surface area contributed by atoms with Crippen molar-refractivity contribution in [1.82, 2.24) is 0 Å². The first-order valence-electron chi connectivity index (χ1n) is 5.29. The molecule has 0 bridgehead atoms. The van der Waals surface area contributed by atoms with Crippen molar-refractivity contribution in [3.05, 3.63) is 0 Å². The quantitative estimate of drug-likeness (QED) is 0.394. The van der Waals surface area contributed by atoms with Crippen LogP contribution < -0.4 is 5.73 Å². The Bertz CT molecular complexity index is 188. The third-order valence-corrected chi connectivity index (χ3v) is 3.69. The molecule has 0 aromatic rings. The van der Waals surface area contributed by atoms with Crippen LogP contribution in [0.5, 0.6) is 0 Å². The van der Waals surface area contributed by atoms with Crippen LogP contribution in [-0.2, 0) is 4.79 Å². The maximum absolute atomic E-state index is 10.4. The molecule has 0 aromatic carbocycles. The van der Waals surface area contributed by atoms with Crippen molar-refractivity contribution in [2.75, 3.05) is 0 Å². The predicted molar refractivity (Wildman–Crippen MR) is 69.9 cm³/mol. The SMILES string of the molecule is CC(S)C(S)CCCCCC(N)C(=O)O. The molecule has 0 heterocycles. The van der Waals surface area contributed by atoms with E-state index in [1.54, 1.807) is 0 Å². The molecule has 0 aliphatic carbocycles. The first-order valence-corrected chi connectivity index (χ1v) is 6.33. The van der Waals surface area contributed by atoms with Gasteiger partial charge in [0.15, 0.2) is 0 Å². The molecular formula is C10H21NO2S2. The second kappa shape index (κ2) is 8.30. The molecule has 0 fully saturated rings. The number of carbonyl (C=O) groups is 1. The number of rotatable bonds is 8. The Balaban J connectivity index is 3.36. The zero-order chi connectivity index (χ0) is 11.8. The van der Waals surface area contributed by atoms with Crippen LogP contribution in [0.1, 0.15) is 39.0 Å². The van der Waals surface area contributed by atoms with Crippen LogP contribution in [0.25, 0.3) is 0 Å². The third-order valence-electron chi connectivity index (χ3n) is 2.39. The summed E-state index contributed by atoms with van der Waals surface area (Å²) in [6.45, 7) is 2.03. The second-order valence-electron chi connectivity index (χ2n) is 3.89. The van der Waals surface area contributed by atoms with E-state index in [4.69, 9.17) is 10.8 Å². The summed E-state index contributed by atoms with van der Waals surface area (Å²) in [5.74, 6) is -0.911. The van der Waals surface area contributed by atoms with Gasteiger partial charge in [-0.2, -0.15) is 25.3 Å². The van der Waals surface area contributed by atoms with E-state index in [2.05, 4.69) is 25.3 Å². The highest BCUT2D eigenvalue weighted by atomic mass is 32.1. The van der Waals surface area contributed by atoms with Crippen molar-refractivity contribution in [2.24, 2.45) is 5.73 Å². The van der Waals surface area contributed by atoms with Crippen LogP contribution in [0.2, 0.25) is 0 Å². The fourth-order valence-corrected chi connectivity index (χ4v) is 1.59. The monoisotopic (exact) mass is 251 g/mol. The highest BCUT2D eigenvalue weighted by molar-refractivity contribution is 7.85. The molecule has 90 valence electrons. The highest BCUT2D eigenvalue weighted by Crippen LogP contribution is 2.16. The molecule has 5 heteroatoms. The first kappa shape index (κ1) is 15.1. The number of hydrogen-bond acceptors (Lipinski definition) is 4. The van der Waals surface area contributed by atoms with Gasteiger partial charge in [0.1, 0.15) is 6.04 Å². The Morgan fingerprint density at radius 3 is 2.27 bits per heavy atom. The molecule has 0 aromatic heterocycles. The Labute approximate surface area is 103 Å². The van der Waals surface area contributed by atoms with Gasteiger partial charge in [0.2, 0.25) is 0 Å². The number of aliphatic carboxylic acids is 1. The molecule has 0 saturated heterocycles. The highest BCUT2D eigenvalue weighted by Gasteiger charge is 2.11. The molecule has 3 unspecified atom stereocenters. The van der Waals surface area contributed by atoms with Gasteiger partial charge in [0.25, 0.3) is 0 Å². The Morgan fingerprint density at radius 1 is 1.27 bits per heavy atom. The predicted octanol–water partition coefficient (Wildman–Crippen LogP) is 1.97. The number of carboxylic acid groups (broad SMARTS) is 1. The molecule has 0 radical (unpaired) electrons. The minimum atomic E-state index is -0.911. The summed E-state index contributed by atoms with van der Waals surface area (Å²) in [4.78, 5) is 10.4. The summed E-state index contributed by atoms with van der Waals surface area (Å²) in [6.07, 6.45) is 4.53. The van der Waals surface area contributed by atoms with Crippen LogP contribution >= 0.6 is 25.3 Å². The van der Waals surface area contributed by atoms with Crippen molar-refractivity contribution in [3.8, 4) is 0 Å². The normalized spacial score (nSPS) is 17.1. The molecule has 3 nitrogen and oxygen atoms in total. The lowest BCUT2D eigenvalue weighted by Crippen LogP contribution is -2.29. The number of unbranched alkanes of at least 4 members (excludes halogenated alkanes) is 2. The van der Waals surface area contributed by atoms with Gasteiger partial charge in [-0.25, -0.2) is 0 Å². The second-order valence-corrected chi connectivity index (χ2v) is 5.37. The minimum Gasteiger partial charge on any atom is -0.480 e. The van der Waals surface area contributed by atoms with E-state index >= 15 is 0 Å². The van der Waals surface area contributed by atoms with Gasteiger partial charge in [-0.1, -0.05) is 26.2 Å². The fraction of sp³-hybridized carbons (Fsp3) is 0.900. The molecule has 3 N–H and O–H groups in total. The van der Waals surface area contributed by atoms with Gasteiger partial charge in [0.05, 0.1) is 0 Å². The smallest absolute Gasteiger partial charge is 0.320 e. The minimum absolute atomic E-state index is 0.301. The summed E-state index contributed by atoms with van der Waals surface area (Å²) in [7, 11) is 0. The van der Waals surface area contributed by atoms with E-state index in [0.717, 1.165) is 25.7 Å². The molecule has 15 heavy (non-hydrogen) atoms. The van der Waals surface area contributed by atoms with Crippen molar-refractivity contribution in [3.63, 3.8) is 0 Å². The fourth-order valence-electron chi connectivity index (χ4n) is 1.26. The molecule has 0 spiro atoms. The zero-order valence-corrected chi connectivity index (χ0v) is 10.9. The average Bonchev–Trinajstić information content (AvgIpc) is 2.16. The topological polar surface area (TPSA) is 63.3 Å². The summed E-state index contributed by atoms with van der Waals surface area (Å²) in [6, 6.07) is -0.708. The summed E-state index contributed by atoms with van der Waals surface area (Å²) in [5, 5.41) is 9.17. The van der Waals surface area contributed by atoms with Crippen molar-refractivity contribution in [2.45, 2.75) is 55.6 Å². The van der Waals surface area contributed by atoms with Crippen LogP contribution in [0.3, 0.4) is 0 Å². The van der Waals surface area contributed by atoms with Crippen molar-refractivity contribution in [1.29, 1.82) is 0 Å². The summed E-state index contributed by atoms with van der Waals surface area (Å²) >= 11 is 8.71. The van der Waals surface area contributed by atoms with Gasteiger partial charge in [-0.15, -0.1) is 0 Å². The molecule has 0 saturated carbocycles. The van der Waals surface area contributed by atoms with Gasteiger partial charge >= 0.3 is 5.97 Å². The van der Waals surface area contributed by atoms with E-state index in [1.807, 2.05) is 6.92 Å². The molecular weight excluding hydrogens is 230 g/mol. The van der Waals surface area contributed by atoms with Crippen molar-refractivity contribution < 1.29 is 9.90 Å². The maximum atomic E-state index is 10.4. The lowest BCUT2D eigenvalue weighted by molar-refractivity contribution is -0.138. The van der Waals surface area contributed by atoms with Crippen molar-refractivity contribution >= 4 is 31.2 Å². The zero-order valence-electron chi connectivity index (χ0n) is 9.09. The van der Waals surface area contributed by atoms with Gasteiger partial charge in [-0.05, 0) is 12.8 Å². The maximum Gasteiger partial charge on any atom is 0.320 e. The Hall–Kier alpha value is 0.130. The number of carboxylic acids is 1. The van der Waals surface area contributed by atoms with Gasteiger partial charge in [-0.3, -0.25) is 4.79 Å². The molecule has 0 amide bonds. The van der Waals surface area contributed by atoms with E-state index in [-0.39, 0.29) is 0 Å². The van der Waals surface area contributed by atoms with E-state index in [0.29, 0.717) is 16.9 Å². The number of hydrogen-bond donors (Lipinski definition) is 4. The average molecular weight is 251 g/mol. The summed E-state index contributed by atoms with van der Waals surface area (Å²) < 4.78 is 0. The molecule has 3 atom stereocenters. The van der Waals surface area contributed by atoms with E-state index < -0.39 is 12.0 Å². The largest absolute Gasteiger partial charge is 0.480 e. The third kappa shape index (κ3) is 7.99. The van der Waals surface area contributed by atoms with Crippen LogP contribution in [0.4, 0.5) is 0 Å².